The maximum absolute atomic E-state index is 12.6. The quantitative estimate of drug-likeness (QED) is 0.490. The first kappa shape index (κ1) is 21.4. The SMILES string of the molecule is COC(=O)[C@H](C)N1C(=O)S/C(=C/c2ccc(OCc3ccccc3)c(OC)c2)C1=O. The minimum atomic E-state index is -0.989. The van der Waals surface area contributed by atoms with Crippen molar-refractivity contribution in [3.63, 3.8) is 0 Å². The molecule has 0 aromatic heterocycles. The molecule has 1 fully saturated rings. The predicted molar refractivity (Wildman–Crippen MR) is 113 cm³/mol. The highest BCUT2D eigenvalue weighted by atomic mass is 32.2. The van der Waals surface area contributed by atoms with E-state index in [1.807, 2.05) is 30.3 Å². The van der Waals surface area contributed by atoms with Crippen molar-refractivity contribution < 1.29 is 28.6 Å². The average Bonchev–Trinajstić information content (AvgIpc) is 3.04. The van der Waals surface area contributed by atoms with E-state index in [4.69, 9.17) is 9.47 Å². The lowest BCUT2D eigenvalue weighted by Gasteiger charge is -2.18. The van der Waals surface area contributed by atoms with Crippen LogP contribution in [0.15, 0.2) is 53.4 Å². The van der Waals surface area contributed by atoms with Crippen molar-refractivity contribution in [3.8, 4) is 11.5 Å². The molecule has 8 heteroatoms. The second-order valence-electron chi connectivity index (χ2n) is 6.44. The molecule has 156 valence electrons. The number of carbonyl (C=O) groups excluding carboxylic acids is 3. The predicted octanol–water partition coefficient (Wildman–Crippen LogP) is 3.87. The number of methoxy groups -OCH3 is 2. The van der Waals surface area contributed by atoms with Gasteiger partial charge in [0.15, 0.2) is 11.5 Å². The van der Waals surface area contributed by atoms with Crippen LogP contribution in [0, 0.1) is 0 Å². The van der Waals surface area contributed by atoms with E-state index in [2.05, 4.69) is 4.74 Å². The fourth-order valence-electron chi connectivity index (χ4n) is 2.87. The van der Waals surface area contributed by atoms with E-state index in [9.17, 15) is 14.4 Å². The number of nitrogens with zero attached hydrogens (tertiary/aromatic N) is 1. The molecule has 1 saturated heterocycles. The lowest BCUT2D eigenvalue weighted by molar-refractivity contribution is -0.148. The molecule has 0 radical (unpaired) electrons. The molecule has 30 heavy (non-hydrogen) atoms. The molecule has 2 aromatic rings. The van der Waals surface area contributed by atoms with Gasteiger partial charge in [-0.15, -0.1) is 0 Å². The number of ether oxygens (including phenoxy) is 3. The van der Waals surface area contributed by atoms with Crippen LogP contribution in [-0.4, -0.2) is 42.3 Å². The standard InChI is InChI=1S/C22H21NO6S/c1-14(21(25)28-3)23-20(24)19(30-22(23)26)12-16-9-10-17(18(11-16)27-2)29-13-15-7-5-4-6-8-15/h4-12,14H,13H2,1-3H3/b19-12+/t14-/m0/s1. The van der Waals surface area contributed by atoms with Gasteiger partial charge in [0.2, 0.25) is 0 Å². The smallest absolute Gasteiger partial charge is 0.328 e. The number of imide groups is 1. The molecule has 7 nitrogen and oxygen atoms in total. The zero-order chi connectivity index (χ0) is 21.7. The van der Waals surface area contributed by atoms with Crippen LogP contribution in [0.4, 0.5) is 4.79 Å². The first-order valence-corrected chi connectivity index (χ1v) is 9.96. The van der Waals surface area contributed by atoms with Gasteiger partial charge >= 0.3 is 5.97 Å². The van der Waals surface area contributed by atoms with Crippen molar-refractivity contribution >= 4 is 35.0 Å². The maximum Gasteiger partial charge on any atom is 0.328 e. The summed E-state index contributed by atoms with van der Waals surface area (Å²) < 4.78 is 15.9. The van der Waals surface area contributed by atoms with Crippen LogP contribution in [0.2, 0.25) is 0 Å². The van der Waals surface area contributed by atoms with Crippen molar-refractivity contribution in [3.05, 3.63) is 64.6 Å². The van der Waals surface area contributed by atoms with Gasteiger partial charge in [0, 0.05) is 0 Å². The van der Waals surface area contributed by atoms with E-state index in [-0.39, 0.29) is 4.91 Å². The first-order chi connectivity index (χ1) is 14.4. The van der Waals surface area contributed by atoms with Gasteiger partial charge in [-0.1, -0.05) is 36.4 Å². The lowest BCUT2D eigenvalue weighted by atomic mass is 10.1. The molecule has 2 aromatic carbocycles. The summed E-state index contributed by atoms with van der Waals surface area (Å²) in [6.07, 6.45) is 1.58. The molecule has 1 aliphatic rings. The number of esters is 1. The third-order valence-corrected chi connectivity index (χ3v) is 5.36. The summed E-state index contributed by atoms with van der Waals surface area (Å²) in [5.41, 5.74) is 1.69. The van der Waals surface area contributed by atoms with Crippen molar-refractivity contribution in [2.24, 2.45) is 0 Å². The molecule has 0 unspecified atom stereocenters. The topological polar surface area (TPSA) is 82.1 Å². The molecule has 0 saturated carbocycles. The van der Waals surface area contributed by atoms with Crippen LogP contribution >= 0.6 is 11.8 Å². The van der Waals surface area contributed by atoms with Crippen LogP contribution in [0.3, 0.4) is 0 Å². The Morgan fingerprint density at radius 2 is 1.83 bits per heavy atom. The Balaban J connectivity index is 1.78. The van der Waals surface area contributed by atoms with Crippen molar-refractivity contribution in [1.29, 1.82) is 0 Å². The van der Waals surface area contributed by atoms with Crippen molar-refractivity contribution in [2.45, 2.75) is 19.6 Å². The van der Waals surface area contributed by atoms with Gasteiger partial charge in [-0.05, 0) is 48.0 Å². The summed E-state index contributed by atoms with van der Waals surface area (Å²) in [7, 11) is 2.74. The highest BCUT2D eigenvalue weighted by molar-refractivity contribution is 8.18. The summed E-state index contributed by atoms with van der Waals surface area (Å²) in [6.45, 7) is 1.84. The third-order valence-electron chi connectivity index (χ3n) is 4.48. The normalized spacial score (nSPS) is 16.0. The van der Waals surface area contributed by atoms with E-state index >= 15 is 0 Å². The Bertz CT molecular complexity index is 988. The second-order valence-corrected chi connectivity index (χ2v) is 7.43. The molecular formula is C22H21NO6S. The van der Waals surface area contributed by atoms with Gasteiger partial charge in [0.25, 0.3) is 11.1 Å². The second kappa shape index (κ2) is 9.49. The van der Waals surface area contributed by atoms with Gasteiger partial charge in [0.1, 0.15) is 12.6 Å². The van der Waals surface area contributed by atoms with E-state index < -0.39 is 23.2 Å². The Kier molecular flexibility index (Phi) is 6.79. The minimum absolute atomic E-state index is 0.218. The van der Waals surface area contributed by atoms with Crippen LogP contribution in [0.25, 0.3) is 6.08 Å². The maximum atomic E-state index is 12.6. The molecule has 2 amide bonds. The van der Waals surface area contributed by atoms with Gasteiger partial charge in [-0.25, -0.2) is 4.79 Å². The van der Waals surface area contributed by atoms with Gasteiger partial charge in [-0.2, -0.15) is 0 Å². The van der Waals surface area contributed by atoms with E-state index in [0.29, 0.717) is 23.7 Å². The summed E-state index contributed by atoms with van der Waals surface area (Å²) in [4.78, 5) is 37.7. The first-order valence-electron chi connectivity index (χ1n) is 9.14. The Labute approximate surface area is 178 Å². The number of benzene rings is 2. The Hall–Kier alpha value is -3.26. The number of rotatable bonds is 7. The third kappa shape index (κ3) is 4.65. The zero-order valence-corrected chi connectivity index (χ0v) is 17.6. The zero-order valence-electron chi connectivity index (χ0n) is 16.8. The fraction of sp³-hybridized carbons (Fsp3) is 0.227. The van der Waals surface area contributed by atoms with E-state index in [1.54, 1.807) is 24.3 Å². The van der Waals surface area contributed by atoms with Crippen molar-refractivity contribution in [1.82, 2.24) is 4.90 Å². The number of carbonyl (C=O) groups is 3. The number of thioether (sulfide) groups is 1. The molecule has 1 aliphatic heterocycles. The van der Waals surface area contributed by atoms with E-state index in [1.165, 1.54) is 21.1 Å². The molecule has 0 N–H and O–H groups in total. The number of hydrogen-bond donors (Lipinski definition) is 0. The van der Waals surface area contributed by atoms with Crippen LogP contribution in [-0.2, 0) is 20.9 Å². The van der Waals surface area contributed by atoms with Crippen LogP contribution in [0.1, 0.15) is 18.1 Å². The fourth-order valence-corrected chi connectivity index (χ4v) is 3.78. The molecule has 1 heterocycles. The molecule has 3 rings (SSSR count). The molecular weight excluding hydrogens is 406 g/mol. The number of amides is 2. The number of hydrogen-bond acceptors (Lipinski definition) is 7. The highest BCUT2D eigenvalue weighted by Gasteiger charge is 2.41. The lowest BCUT2D eigenvalue weighted by Crippen LogP contribution is -2.42. The Morgan fingerprint density at radius 1 is 1.10 bits per heavy atom. The van der Waals surface area contributed by atoms with Crippen LogP contribution < -0.4 is 9.47 Å². The van der Waals surface area contributed by atoms with Crippen LogP contribution in [0.5, 0.6) is 11.5 Å². The van der Waals surface area contributed by atoms with E-state index in [0.717, 1.165) is 22.2 Å². The minimum Gasteiger partial charge on any atom is -0.493 e. The average molecular weight is 427 g/mol. The summed E-state index contributed by atoms with van der Waals surface area (Å²) in [5.74, 6) is -0.126. The van der Waals surface area contributed by atoms with Gasteiger partial charge in [0.05, 0.1) is 19.1 Å². The van der Waals surface area contributed by atoms with Gasteiger partial charge in [-0.3, -0.25) is 14.5 Å². The summed E-state index contributed by atoms with van der Waals surface area (Å²) >= 11 is 0.777. The molecule has 0 bridgehead atoms. The van der Waals surface area contributed by atoms with Gasteiger partial charge < -0.3 is 14.2 Å². The highest BCUT2D eigenvalue weighted by Crippen LogP contribution is 2.35. The molecule has 0 aliphatic carbocycles. The van der Waals surface area contributed by atoms with Crippen molar-refractivity contribution in [2.75, 3.05) is 14.2 Å². The molecule has 0 spiro atoms. The summed E-state index contributed by atoms with van der Waals surface area (Å²) in [6, 6.07) is 14.0. The molecule has 1 atom stereocenters. The Morgan fingerprint density at radius 3 is 2.50 bits per heavy atom. The monoisotopic (exact) mass is 427 g/mol. The largest absolute Gasteiger partial charge is 0.493 e. The summed E-state index contributed by atoms with van der Waals surface area (Å²) in [5, 5.41) is -0.515.